The average Bonchev–Trinajstić information content (AvgIpc) is 3.34. The lowest BCUT2D eigenvalue weighted by atomic mass is 9.99. The zero-order valence-electron chi connectivity index (χ0n) is 18.1. The van der Waals surface area contributed by atoms with Crippen LogP contribution in [0.5, 0.6) is 0 Å². The Labute approximate surface area is 191 Å². The lowest BCUT2D eigenvalue weighted by Gasteiger charge is -2.27. The monoisotopic (exact) mass is 443 g/mol. The van der Waals surface area contributed by atoms with Gasteiger partial charge in [-0.1, -0.05) is 49.4 Å². The van der Waals surface area contributed by atoms with Gasteiger partial charge in [0, 0.05) is 5.56 Å². The van der Waals surface area contributed by atoms with Crippen LogP contribution in [0, 0.1) is 0 Å². The van der Waals surface area contributed by atoms with Crippen molar-refractivity contribution in [1.29, 1.82) is 0 Å². The molecule has 0 radical (unpaired) electrons. The average molecular weight is 444 g/mol. The van der Waals surface area contributed by atoms with Crippen LogP contribution in [0.4, 0.5) is 5.69 Å². The number of imidazole rings is 1. The van der Waals surface area contributed by atoms with Gasteiger partial charge in [0.25, 0.3) is 11.8 Å². The van der Waals surface area contributed by atoms with E-state index in [2.05, 4.69) is 15.3 Å². The molecule has 0 fully saturated rings. The van der Waals surface area contributed by atoms with Crippen LogP contribution >= 0.6 is 0 Å². The number of aliphatic hydroxyl groups is 1. The molecule has 4 aromatic rings. The summed E-state index contributed by atoms with van der Waals surface area (Å²) in [4.78, 5) is 33.1. The highest BCUT2D eigenvalue weighted by atomic mass is 16.3. The van der Waals surface area contributed by atoms with Gasteiger partial charge in [0.15, 0.2) is 6.10 Å². The molecule has 1 heterocycles. The van der Waals surface area contributed by atoms with Crippen LogP contribution in [0.2, 0.25) is 0 Å². The predicted octanol–water partition coefficient (Wildman–Crippen LogP) is 2.86. The van der Waals surface area contributed by atoms with E-state index in [1.807, 2.05) is 25.1 Å². The van der Waals surface area contributed by atoms with Crippen LogP contribution in [0.15, 0.2) is 79.1 Å². The number of fused-ring (bicyclic) bond motifs is 1. The normalized spacial score (nSPS) is 12.8. The van der Waals surface area contributed by atoms with Gasteiger partial charge in [-0.25, -0.2) is 15.8 Å². The largest absolute Gasteiger partial charge is 0.381 e. The lowest BCUT2D eigenvalue weighted by Crippen LogP contribution is -2.50. The van der Waals surface area contributed by atoms with Crippen molar-refractivity contribution in [2.45, 2.75) is 25.5 Å². The highest BCUT2D eigenvalue weighted by Crippen LogP contribution is 2.23. The smallest absolute Gasteiger partial charge is 0.272 e. The number of aryl methyl sites for hydroxylation is 1. The van der Waals surface area contributed by atoms with Crippen LogP contribution in [0.25, 0.3) is 11.0 Å². The molecule has 2 unspecified atom stereocenters. The van der Waals surface area contributed by atoms with Crippen LogP contribution in [0.3, 0.4) is 0 Å². The summed E-state index contributed by atoms with van der Waals surface area (Å²) >= 11 is 0. The van der Waals surface area contributed by atoms with Gasteiger partial charge in [-0.3, -0.25) is 9.59 Å². The summed E-state index contributed by atoms with van der Waals surface area (Å²) in [5.41, 5.74) is 3.92. The highest BCUT2D eigenvalue weighted by molar-refractivity contribution is 5.99. The molecule has 3 aromatic carbocycles. The van der Waals surface area contributed by atoms with Crippen molar-refractivity contribution in [3.63, 3.8) is 0 Å². The summed E-state index contributed by atoms with van der Waals surface area (Å²) in [7, 11) is 0. The Balaban J connectivity index is 1.58. The molecule has 8 heteroatoms. The molecule has 168 valence electrons. The van der Waals surface area contributed by atoms with E-state index in [0.29, 0.717) is 22.3 Å². The number of nitrogens with zero attached hydrogens (tertiary/aromatic N) is 2. The SMILES string of the molecule is CCc1ccc(C(=O)NC(c2ccccc2)C(O)C(=O)N(N)c2ccc3nc[nH]c3c2)cc1. The molecule has 0 saturated carbocycles. The highest BCUT2D eigenvalue weighted by Gasteiger charge is 2.32. The number of H-pyrrole nitrogens is 1. The van der Waals surface area contributed by atoms with E-state index in [1.165, 1.54) is 0 Å². The summed E-state index contributed by atoms with van der Waals surface area (Å²) in [5, 5.41) is 14.7. The molecule has 0 bridgehead atoms. The Morgan fingerprint density at radius 3 is 2.52 bits per heavy atom. The number of rotatable bonds is 7. The second-order valence-corrected chi connectivity index (χ2v) is 7.67. The Bertz CT molecular complexity index is 1250. The fourth-order valence-corrected chi connectivity index (χ4v) is 3.61. The minimum atomic E-state index is -1.62. The van der Waals surface area contributed by atoms with Gasteiger partial charge < -0.3 is 15.4 Å². The van der Waals surface area contributed by atoms with Crippen LogP contribution < -0.4 is 16.2 Å². The number of hydrazine groups is 1. The van der Waals surface area contributed by atoms with Crippen molar-refractivity contribution in [3.8, 4) is 0 Å². The molecule has 0 saturated heterocycles. The van der Waals surface area contributed by atoms with E-state index in [9.17, 15) is 14.7 Å². The number of aliphatic hydroxyl groups excluding tert-OH is 1. The van der Waals surface area contributed by atoms with E-state index in [0.717, 1.165) is 22.5 Å². The second-order valence-electron chi connectivity index (χ2n) is 7.67. The maximum absolute atomic E-state index is 13.1. The molecular formula is C25H25N5O3. The molecular weight excluding hydrogens is 418 g/mol. The Hall–Kier alpha value is -4.01. The third kappa shape index (κ3) is 4.77. The zero-order valence-corrected chi connectivity index (χ0v) is 18.1. The fraction of sp³-hybridized carbons (Fsp3) is 0.160. The molecule has 8 nitrogen and oxygen atoms in total. The first-order valence-electron chi connectivity index (χ1n) is 10.6. The molecule has 1 aromatic heterocycles. The number of carbonyl (C=O) groups is 2. The van der Waals surface area contributed by atoms with Gasteiger partial charge >= 0.3 is 0 Å². The maximum atomic E-state index is 13.1. The maximum Gasteiger partial charge on any atom is 0.272 e. The zero-order chi connectivity index (χ0) is 23.4. The van der Waals surface area contributed by atoms with Crippen LogP contribution in [-0.2, 0) is 11.2 Å². The number of hydrogen-bond donors (Lipinski definition) is 4. The number of carbonyl (C=O) groups excluding carboxylic acids is 2. The molecule has 0 aliphatic rings. The number of nitrogens with two attached hydrogens (primary N) is 1. The molecule has 2 amide bonds. The van der Waals surface area contributed by atoms with Gasteiger partial charge in [0.05, 0.1) is 29.1 Å². The summed E-state index contributed by atoms with van der Waals surface area (Å²) in [6.45, 7) is 2.03. The van der Waals surface area contributed by atoms with Gasteiger partial charge in [-0.2, -0.15) is 0 Å². The van der Waals surface area contributed by atoms with E-state index in [4.69, 9.17) is 5.84 Å². The number of nitrogens with one attached hydrogen (secondary N) is 2. The van der Waals surface area contributed by atoms with E-state index < -0.39 is 24.0 Å². The van der Waals surface area contributed by atoms with Crippen molar-refractivity contribution in [2.75, 3.05) is 5.01 Å². The Morgan fingerprint density at radius 2 is 1.82 bits per heavy atom. The molecule has 4 rings (SSSR count). The Morgan fingerprint density at radius 1 is 1.09 bits per heavy atom. The second kappa shape index (κ2) is 9.64. The summed E-state index contributed by atoms with van der Waals surface area (Å²) in [5.74, 6) is 4.90. The number of hydrogen-bond acceptors (Lipinski definition) is 5. The van der Waals surface area contributed by atoms with E-state index in [1.54, 1.807) is 60.9 Å². The summed E-state index contributed by atoms with van der Waals surface area (Å²) < 4.78 is 0. The van der Waals surface area contributed by atoms with Crippen LogP contribution in [-0.4, -0.2) is 33.0 Å². The minimum absolute atomic E-state index is 0.379. The number of aromatic amines is 1. The van der Waals surface area contributed by atoms with Crippen molar-refractivity contribution < 1.29 is 14.7 Å². The first kappa shape index (κ1) is 22.2. The van der Waals surface area contributed by atoms with Crippen molar-refractivity contribution in [2.24, 2.45) is 5.84 Å². The number of aromatic nitrogens is 2. The van der Waals surface area contributed by atoms with Gasteiger partial charge in [0.1, 0.15) is 0 Å². The van der Waals surface area contributed by atoms with Crippen molar-refractivity contribution >= 4 is 28.5 Å². The molecule has 2 atom stereocenters. The summed E-state index contributed by atoms with van der Waals surface area (Å²) in [6, 6.07) is 20.0. The third-order valence-electron chi connectivity index (χ3n) is 5.56. The van der Waals surface area contributed by atoms with Crippen LogP contribution in [0.1, 0.15) is 34.5 Å². The fourth-order valence-electron chi connectivity index (χ4n) is 3.61. The molecule has 0 aliphatic heterocycles. The minimum Gasteiger partial charge on any atom is -0.381 e. The lowest BCUT2D eigenvalue weighted by molar-refractivity contribution is -0.128. The predicted molar refractivity (Wildman–Crippen MR) is 126 cm³/mol. The van der Waals surface area contributed by atoms with Gasteiger partial charge in [0.2, 0.25) is 0 Å². The third-order valence-corrected chi connectivity index (χ3v) is 5.56. The first-order valence-corrected chi connectivity index (χ1v) is 10.6. The number of anilines is 1. The number of amides is 2. The van der Waals surface area contributed by atoms with Gasteiger partial charge in [-0.05, 0) is 47.9 Å². The quantitative estimate of drug-likeness (QED) is 0.199. The summed E-state index contributed by atoms with van der Waals surface area (Å²) in [6.07, 6.45) is 0.784. The Kier molecular flexibility index (Phi) is 6.48. The topological polar surface area (TPSA) is 124 Å². The van der Waals surface area contributed by atoms with Gasteiger partial charge in [-0.15, -0.1) is 0 Å². The molecule has 0 spiro atoms. The van der Waals surface area contributed by atoms with E-state index >= 15 is 0 Å². The number of benzene rings is 3. The molecule has 0 aliphatic carbocycles. The van der Waals surface area contributed by atoms with E-state index in [-0.39, 0.29) is 0 Å². The van der Waals surface area contributed by atoms with Crippen molar-refractivity contribution in [1.82, 2.24) is 15.3 Å². The first-order chi connectivity index (χ1) is 16.0. The standard InChI is InChI=1S/C25H25N5O3/c1-2-16-8-10-18(11-9-16)24(32)29-22(17-6-4-3-5-7-17)23(31)25(33)30(26)19-12-13-20-21(14-19)28-15-27-20/h3-15,22-23,31H,2,26H2,1H3,(H,27,28)(H,29,32). The van der Waals surface area contributed by atoms with Crippen molar-refractivity contribution in [3.05, 3.63) is 95.8 Å². The molecule has 5 N–H and O–H groups in total. The molecule has 33 heavy (non-hydrogen) atoms.